The van der Waals surface area contributed by atoms with E-state index in [9.17, 15) is 0 Å². The Hall–Kier alpha value is -9.38. The fourth-order valence-corrected chi connectivity index (χ4v) is 13.0. The zero-order valence-electron chi connectivity index (χ0n) is 44.9. The van der Waals surface area contributed by atoms with Gasteiger partial charge in [0.2, 0.25) is 0 Å². The molecular formula is C74H58N4. The van der Waals surface area contributed by atoms with E-state index in [0.717, 1.165) is 34.1 Å². The van der Waals surface area contributed by atoms with E-state index in [1.807, 2.05) is 0 Å². The van der Waals surface area contributed by atoms with Crippen molar-refractivity contribution in [3.05, 3.63) is 254 Å². The first kappa shape index (κ1) is 46.0. The lowest BCUT2D eigenvalue weighted by atomic mass is 9.87. The van der Waals surface area contributed by atoms with Gasteiger partial charge in [0.1, 0.15) is 0 Å². The maximum absolute atomic E-state index is 2.61. The predicted molar refractivity (Wildman–Crippen MR) is 333 cm³/mol. The zero-order chi connectivity index (χ0) is 52.6. The van der Waals surface area contributed by atoms with Crippen molar-refractivity contribution in [3.8, 4) is 22.3 Å². The Labute approximate surface area is 454 Å². The van der Waals surface area contributed by atoms with Gasteiger partial charge >= 0.3 is 0 Å². The van der Waals surface area contributed by atoms with E-state index in [4.69, 9.17) is 0 Å². The number of para-hydroxylation sites is 4. The van der Waals surface area contributed by atoms with Crippen LogP contribution in [0.2, 0.25) is 0 Å². The van der Waals surface area contributed by atoms with Crippen molar-refractivity contribution < 1.29 is 0 Å². The summed E-state index contributed by atoms with van der Waals surface area (Å²) in [7, 11) is 0. The van der Waals surface area contributed by atoms with Crippen LogP contribution >= 0.6 is 0 Å². The molecule has 0 saturated heterocycles. The summed E-state index contributed by atoms with van der Waals surface area (Å²) in [4.78, 5) is 4.81. The van der Waals surface area contributed by atoms with Crippen LogP contribution in [0.4, 0.5) is 34.1 Å². The zero-order valence-corrected chi connectivity index (χ0v) is 44.9. The quantitative estimate of drug-likeness (QED) is 0.151. The topological polar surface area (TPSA) is 15.3 Å². The number of anilines is 6. The second-order valence-electron chi connectivity index (χ2n) is 23.3. The molecule has 0 spiro atoms. The SMILES string of the molecule is CC(C)(C)c1ccc(N(c2ccccc2)c2ccc3c(c2)c2cccc4c5c(-c6ccccc6)c6c(c(-c7ccccc7)c5n3c24)c2cccc3c4cc(N(c5ccccc5)c5ccc(C(C)(C)C)cc5)ccc4n6c32)cc1. The van der Waals surface area contributed by atoms with Crippen molar-refractivity contribution in [3.63, 3.8) is 0 Å². The number of hydrogen-bond acceptors (Lipinski definition) is 2. The molecule has 0 fully saturated rings. The lowest BCUT2D eigenvalue weighted by Gasteiger charge is -2.27. The standard InChI is InChI=1S/C74H58N4/c1-73(2,3)49-33-37-53(38-34-49)75(51-25-15-9-16-26-51)55-41-43-63-61(45-55)57-29-19-31-59-67-66(48-23-13-8-14-24-48)72-68(65(47-21-11-7-12-22-47)71(67)77(63)69(57)59)60-32-20-30-58-62-46-56(42-44-64(62)78(72)70(58)60)76(52-27-17-10-18-28-52)54-39-35-50(36-40-54)74(4,5)6/h7-46H,1-6H3. The Morgan fingerprint density at radius 3 is 0.949 bits per heavy atom. The molecule has 4 heteroatoms. The second-order valence-corrected chi connectivity index (χ2v) is 23.3. The third kappa shape index (κ3) is 6.85. The van der Waals surface area contributed by atoms with Gasteiger partial charge in [-0.25, -0.2) is 0 Å². The van der Waals surface area contributed by atoms with Gasteiger partial charge in [-0.2, -0.15) is 0 Å². The largest absolute Gasteiger partial charge is 0.310 e. The maximum atomic E-state index is 2.61. The number of rotatable bonds is 8. The van der Waals surface area contributed by atoms with Crippen molar-refractivity contribution >= 4 is 110 Å². The van der Waals surface area contributed by atoms with Gasteiger partial charge < -0.3 is 18.6 Å². The summed E-state index contributed by atoms with van der Waals surface area (Å²) in [6.45, 7) is 13.7. The fraction of sp³-hybridized carbons (Fsp3) is 0.108. The first-order valence-electron chi connectivity index (χ1n) is 27.4. The Morgan fingerprint density at radius 2 is 0.590 bits per heavy atom. The molecule has 4 nitrogen and oxygen atoms in total. The van der Waals surface area contributed by atoms with Gasteiger partial charge in [0.25, 0.3) is 0 Å². The maximum Gasteiger partial charge on any atom is 0.0634 e. The molecule has 0 N–H and O–H groups in total. The number of nitrogens with zero attached hydrogens (tertiary/aromatic N) is 4. The fourth-order valence-electron chi connectivity index (χ4n) is 13.0. The van der Waals surface area contributed by atoms with Crippen LogP contribution in [-0.2, 0) is 10.8 Å². The highest BCUT2D eigenvalue weighted by atomic mass is 15.1. The molecule has 0 atom stereocenters. The van der Waals surface area contributed by atoms with E-state index in [0.29, 0.717) is 0 Å². The molecule has 78 heavy (non-hydrogen) atoms. The second kappa shape index (κ2) is 17.1. The number of fused-ring (bicyclic) bond motifs is 12. The van der Waals surface area contributed by atoms with Crippen molar-refractivity contribution in [2.45, 2.75) is 52.4 Å². The minimum absolute atomic E-state index is 0.0528. The molecule has 0 radical (unpaired) electrons. The van der Waals surface area contributed by atoms with Crippen molar-refractivity contribution in [2.24, 2.45) is 0 Å². The van der Waals surface area contributed by atoms with Crippen LogP contribution in [0.1, 0.15) is 52.7 Å². The van der Waals surface area contributed by atoms with E-state index < -0.39 is 0 Å². The molecule has 0 aliphatic rings. The average Bonchev–Trinajstić information content (AvgIpc) is 3.50. The molecule has 0 amide bonds. The van der Waals surface area contributed by atoms with Crippen LogP contribution in [-0.4, -0.2) is 8.80 Å². The molecule has 4 aromatic heterocycles. The summed E-state index contributed by atoms with van der Waals surface area (Å²) < 4.78 is 5.23. The summed E-state index contributed by atoms with van der Waals surface area (Å²) in [6.07, 6.45) is 0. The summed E-state index contributed by atoms with van der Waals surface area (Å²) in [5, 5.41) is 9.98. The highest BCUT2D eigenvalue weighted by Crippen LogP contribution is 2.55. The van der Waals surface area contributed by atoms with E-state index in [1.165, 1.54) is 110 Å². The van der Waals surface area contributed by atoms with E-state index in [1.54, 1.807) is 0 Å². The van der Waals surface area contributed by atoms with E-state index in [2.05, 4.69) is 303 Å². The molecule has 15 aromatic rings. The highest BCUT2D eigenvalue weighted by Gasteiger charge is 2.31. The Morgan fingerprint density at radius 1 is 0.269 bits per heavy atom. The first-order valence-corrected chi connectivity index (χ1v) is 27.4. The van der Waals surface area contributed by atoms with E-state index in [-0.39, 0.29) is 10.8 Å². The molecule has 4 heterocycles. The van der Waals surface area contributed by atoms with Crippen LogP contribution in [0.15, 0.2) is 243 Å². The summed E-state index contributed by atoms with van der Waals surface area (Å²) in [5.41, 5.74) is 21.7. The van der Waals surface area contributed by atoms with Crippen LogP contribution in [0.3, 0.4) is 0 Å². The van der Waals surface area contributed by atoms with E-state index >= 15 is 0 Å². The third-order valence-electron chi connectivity index (χ3n) is 16.6. The normalized spacial score (nSPS) is 12.5. The highest BCUT2D eigenvalue weighted by molar-refractivity contribution is 6.38. The van der Waals surface area contributed by atoms with Crippen LogP contribution < -0.4 is 9.80 Å². The molecular weight excluding hydrogens is 945 g/mol. The summed E-state index contributed by atoms with van der Waals surface area (Å²) >= 11 is 0. The molecule has 0 aliphatic carbocycles. The monoisotopic (exact) mass is 1000 g/mol. The Bertz CT molecular complexity index is 4440. The summed E-state index contributed by atoms with van der Waals surface area (Å²) in [6, 6.07) is 90.4. The third-order valence-corrected chi connectivity index (χ3v) is 16.6. The van der Waals surface area contributed by atoms with Crippen LogP contribution in [0.25, 0.3) is 98.4 Å². The number of benzene rings is 11. The smallest absolute Gasteiger partial charge is 0.0634 e. The molecule has 15 rings (SSSR count). The summed E-state index contributed by atoms with van der Waals surface area (Å²) in [5.74, 6) is 0. The lowest BCUT2D eigenvalue weighted by molar-refractivity contribution is 0.590. The van der Waals surface area contributed by atoms with Gasteiger partial charge in [0, 0.05) is 88.3 Å². The van der Waals surface area contributed by atoms with Crippen molar-refractivity contribution in [1.29, 1.82) is 0 Å². The Kier molecular flexibility index (Phi) is 10.1. The van der Waals surface area contributed by atoms with Crippen molar-refractivity contribution in [2.75, 3.05) is 9.80 Å². The molecule has 0 bridgehead atoms. The lowest BCUT2D eigenvalue weighted by Crippen LogP contribution is -2.13. The molecule has 11 aromatic carbocycles. The van der Waals surface area contributed by atoms with Crippen LogP contribution in [0.5, 0.6) is 0 Å². The number of aromatic nitrogens is 2. The van der Waals surface area contributed by atoms with Gasteiger partial charge in [-0.3, -0.25) is 0 Å². The first-order chi connectivity index (χ1) is 38.0. The van der Waals surface area contributed by atoms with Crippen LogP contribution in [0, 0.1) is 0 Å². The van der Waals surface area contributed by atoms with Gasteiger partial charge in [0.15, 0.2) is 0 Å². The van der Waals surface area contributed by atoms with Gasteiger partial charge in [-0.05, 0) is 118 Å². The molecule has 374 valence electrons. The van der Waals surface area contributed by atoms with Crippen molar-refractivity contribution in [1.82, 2.24) is 8.80 Å². The minimum atomic E-state index is 0.0528. The molecule has 0 unspecified atom stereocenters. The van der Waals surface area contributed by atoms with Gasteiger partial charge in [-0.1, -0.05) is 199 Å². The Balaban J connectivity index is 1.04. The minimum Gasteiger partial charge on any atom is -0.310 e. The predicted octanol–water partition coefficient (Wildman–Crippen LogP) is 20.9. The average molecular weight is 1000 g/mol. The van der Waals surface area contributed by atoms with Gasteiger partial charge in [-0.15, -0.1) is 0 Å². The molecule has 0 aliphatic heterocycles. The molecule has 0 saturated carbocycles. The number of hydrogen-bond donors (Lipinski definition) is 0. The van der Waals surface area contributed by atoms with Gasteiger partial charge in [0.05, 0.1) is 33.1 Å².